The molecule has 1 aromatic heterocycles. The Morgan fingerprint density at radius 2 is 1.81 bits per heavy atom. The van der Waals surface area contributed by atoms with Crippen LogP contribution in [0, 0.1) is 0 Å². The van der Waals surface area contributed by atoms with Crippen LogP contribution in [0.25, 0.3) is 22.2 Å². The van der Waals surface area contributed by atoms with E-state index < -0.39 is 48.2 Å². The molecular weight excluding hydrogens is 470 g/mol. The molecule has 36 heavy (non-hydrogen) atoms. The van der Waals surface area contributed by atoms with Crippen molar-refractivity contribution >= 4 is 22.5 Å². The van der Waals surface area contributed by atoms with Crippen LogP contribution in [0.4, 0.5) is 5.69 Å². The average Bonchev–Trinajstić information content (AvgIpc) is 3.19. The lowest BCUT2D eigenvalue weighted by Crippen LogP contribution is -2.37. The molecule has 0 spiro atoms. The van der Waals surface area contributed by atoms with Crippen LogP contribution in [0.15, 0.2) is 47.3 Å². The zero-order valence-corrected chi connectivity index (χ0v) is 19.3. The number of morpholine rings is 1. The van der Waals surface area contributed by atoms with E-state index in [-0.39, 0.29) is 22.2 Å². The zero-order chi connectivity index (χ0) is 25.6. The van der Waals surface area contributed by atoms with Gasteiger partial charge in [0.1, 0.15) is 18.3 Å². The van der Waals surface area contributed by atoms with Gasteiger partial charge in [-0.3, -0.25) is 9.59 Å². The van der Waals surface area contributed by atoms with Crippen molar-refractivity contribution in [2.45, 2.75) is 24.5 Å². The molecule has 0 radical (unpaired) electrons. The highest BCUT2D eigenvalue weighted by Crippen LogP contribution is 2.40. The van der Waals surface area contributed by atoms with Crippen molar-refractivity contribution in [2.24, 2.45) is 5.73 Å². The molecule has 0 saturated carbocycles. The van der Waals surface area contributed by atoms with Gasteiger partial charge in [-0.25, -0.2) is 0 Å². The van der Waals surface area contributed by atoms with Crippen LogP contribution < -0.4 is 16.1 Å². The molecule has 2 aliphatic heterocycles. The number of pyridine rings is 1. The number of hydrogen-bond acceptors (Lipinski definition) is 9. The number of ether oxygens (including phenoxy) is 2. The minimum atomic E-state index is -1.48. The highest BCUT2D eigenvalue weighted by Gasteiger charge is 2.44. The first-order valence-corrected chi connectivity index (χ1v) is 11.6. The molecule has 5 rings (SSSR count). The second-order valence-electron chi connectivity index (χ2n) is 8.84. The number of carbonyl (C=O) groups excluding carboxylic acids is 1. The Balaban J connectivity index is 1.76. The number of benzene rings is 2. The number of aromatic nitrogens is 1. The maximum atomic E-state index is 13.1. The Morgan fingerprint density at radius 3 is 2.47 bits per heavy atom. The molecule has 2 aliphatic rings. The first-order chi connectivity index (χ1) is 17.3. The van der Waals surface area contributed by atoms with Crippen molar-refractivity contribution in [3.05, 3.63) is 58.3 Å². The molecule has 3 heterocycles. The van der Waals surface area contributed by atoms with Gasteiger partial charge in [-0.2, -0.15) is 0 Å². The summed E-state index contributed by atoms with van der Waals surface area (Å²) in [4.78, 5) is 27.5. The monoisotopic (exact) mass is 497 g/mol. The molecule has 4 atom stereocenters. The minimum Gasteiger partial charge on any atom is -0.503 e. The number of fused-ring (bicyclic) bond motifs is 1. The summed E-state index contributed by atoms with van der Waals surface area (Å²) >= 11 is 0. The average molecular weight is 498 g/mol. The number of rotatable bonds is 5. The molecule has 2 saturated heterocycles. The van der Waals surface area contributed by atoms with Gasteiger partial charge in [-0.15, -0.1) is 0 Å². The van der Waals surface area contributed by atoms with E-state index in [0.717, 1.165) is 0 Å². The zero-order valence-electron chi connectivity index (χ0n) is 19.3. The molecule has 6 N–H and O–H groups in total. The Labute approximate surface area is 205 Å². The largest absolute Gasteiger partial charge is 0.503 e. The summed E-state index contributed by atoms with van der Waals surface area (Å²) in [5.41, 5.74) is 6.41. The van der Waals surface area contributed by atoms with E-state index in [2.05, 4.69) is 0 Å². The lowest BCUT2D eigenvalue weighted by molar-refractivity contribution is -0.0502. The second-order valence-corrected chi connectivity index (χ2v) is 8.84. The van der Waals surface area contributed by atoms with E-state index in [9.17, 15) is 30.0 Å². The van der Waals surface area contributed by atoms with Crippen LogP contribution in [-0.2, 0) is 9.47 Å². The Bertz CT molecular complexity index is 1370. The summed E-state index contributed by atoms with van der Waals surface area (Å²) in [6, 6.07) is 11.2. The molecule has 0 aliphatic carbocycles. The van der Waals surface area contributed by atoms with Gasteiger partial charge >= 0.3 is 0 Å². The third-order valence-corrected chi connectivity index (χ3v) is 6.75. The number of aliphatic hydroxyl groups is 3. The molecule has 0 bridgehead atoms. The number of aliphatic hydroxyl groups excluding tert-OH is 3. The number of nitrogens with zero attached hydrogens (tertiary/aromatic N) is 2. The van der Waals surface area contributed by atoms with Gasteiger partial charge in [0.15, 0.2) is 12.0 Å². The van der Waals surface area contributed by atoms with Crippen molar-refractivity contribution in [1.82, 2.24) is 4.57 Å². The summed E-state index contributed by atoms with van der Waals surface area (Å²) in [5.74, 6) is -1.32. The van der Waals surface area contributed by atoms with Crippen LogP contribution >= 0.6 is 0 Å². The minimum absolute atomic E-state index is 0.0235. The van der Waals surface area contributed by atoms with Crippen molar-refractivity contribution in [3.63, 3.8) is 0 Å². The molecule has 11 heteroatoms. The fourth-order valence-electron chi connectivity index (χ4n) is 4.94. The fraction of sp³-hybridized carbons (Fsp3) is 0.360. The van der Waals surface area contributed by atoms with Gasteiger partial charge in [-0.05, 0) is 24.3 Å². The van der Waals surface area contributed by atoms with Crippen molar-refractivity contribution < 1.29 is 34.7 Å². The van der Waals surface area contributed by atoms with Gasteiger partial charge in [0, 0.05) is 29.7 Å². The van der Waals surface area contributed by atoms with Gasteiger partial charge in [0.25, 0.3) is 5.91 Å². The number of para-hydroxylation sites is 1. The molecule has 3 aromatic rings. The summed E-state index contributed by atoms with van der Waals surface area (Å²) in [6.45, 7) is 1.57. The first kappa shape index (κ1) is 24.2. The molecule has 2 fully saturated rings. The van der Waals surface area contributed by atoms with E-state index in [1.165, 1.54) is 16.7 Å². The van der Waals surface area contributed by atoms with Gasteiger partial charge < -0.3 is 45.1 Å². The van der Waals surface area contributed by atoms with Gasteiger partial charge in [0.2, 0.25) is 5.43 Å². The van der Waals surface area contributed by atoms with Crippen LogP contribution in [0.1, 0.15) is 16.6 Å². The molecule has 190 valence electrons. The molecule has 11 nitrogen and oxygen atoms in total. The van der Waals surface area contributed by atoms with Crippen molar-refractivity contribution in [1.29, 1.82) is 0 Å². The molecule has 0 unspecified atom stereocenters. The molecule has 1 amide bonds. The predicted octanol–water partition coefficient (Wildman–Crippen LogP) is -0.0789. The number of hydrogen-bond donors (Lipinski definition) is 5. The Hall–Kier alpha value is -3.48. The van der Waals surface area contributed by atoms with E-state index in [1.807, 2.05) is 4.90 Å². The number of carbonyl (C=O) groups is 1. The van der Waals surface area contributed by atoms with E-state index in [0.29, 0.717) is 37.5 Å². The topological polar surface area (TPSA) is 168 Å². The van der Waals surface area contributed by atoms with Gasteiger partial charge in [0.05, 0.1) is 36.6 Å². The third kappa shape index (κ3) is 3.91. The van der Waals surface area contributed by atoms with Crippen LogP contribution in [0.2, 0.25) is 0 Å². The van der Waals surface area contributed by atoms with E-state index in [4.69, 9.17) is 15.2 Å². The first-order valence-electron chi connectivity index (χ1n) is 11.6. The van der Waals surface area contributed by atoms with E-state index >= 15 is 0 Å². The van der Waals surface area contributed by atoms with Crippen LogP contribution in [-0.4, -0.2) is 82.1 Å². The summed E-state index contributed by atoms with van der Waals surface area (Å²) < 4.78 is 12.6. The highest BCUT2D eigenvalue weighted by atomic mass is 16.6. The Kier molecular flexibility index (Phi) is 6.41. The van der Waals surface area contributed by atoms with Crippen molar-refractivity contribution in [3.8, 4) is 17.0 Å². The Morgan fingerprint density at radius 1 is 1.08 bits per heavy atom. The normalized spacial score (nSPS) is 24.4. The van der Waals surface area contributed by atoms with Crippen LogP contribution in [0.3, 0.4) is 0 Å². The lowest BCUT2D eigenvalue weighted by Gasteiger charge is -2.30. The maximum absolute atomic E-state index is 13.1. The number of primary amides is 1. The number of anilines is 1. The number of aromatic hydroxyl groups is 1. The molecular formula is C25H27N3O8. The summed E-state index contributed by atoms with van der Waals surface area (Å²) in [7, 11) is 0. The van der Waals surface area contributed by atoms with Crippen molar-refractivity contribution in [2.75, 3.05) is 37.8 Å². The quantitative estimate of drug-likeness (QED) is 0.324. The number of amides is 1. The SMILES string of the molecule is NC(=O)c1cc(-c2c(O)c(=O)c3ccccc3n2[C@@H]2O[C@H](CO)[C@@H](O)[C@H]2O)ccc1N1CCOCC1. The number of nitrogens with two attached hydrogens (primary N) is 1. The van der Waals surface area contributed by atoms with Crippen LogP contribution in [0.5, 0.6) is 5.75 Å². The molecule has 2 aromatic carbocycles. The second kappa shape index (κ2) is 9.52. The fourth-order valence-corrected chi connectivity index (χ4v) is 4.94. The predicted molar refractivity (Wildman–Crippen MR) is 130 cm³/mol. The summed E-state index contributed by atoms with van der Waals surface area (Å²) in [6.07, 6.45) is -5.21. The third-order valence-electron chi connectivity index (χ3n) is 6.75. The maximum Gasteiger partial charge on any atom is 0.250 e. The lowest BCUT2D eigenvalue weighted by atomic mass is 10.0. The standard InChI is InChI=1S/C25H27N3O8/c26-24(34)15-11-13(5-6-16(15)27-7-9-35-10-8-27)19-22(32)20(30)14-3-1-2-4-17(14)28(19)25-23(33)21(31)18(12-29)36-25/h1-6,11,18,21,23,25,29,31-33H,7-10,12H2,(H2,26,34)/t18-,21-,23-,25-/m1/s1. The van der Waals surface area contributed by atoms with E-state index in [1.54, 1.807) is 30.3 Å². The highest BCUT2D eigenvalue weighted by molar-refractivity contribution is 6.00. The van der Waals surface area contributed by atoms with Gasteiger partial charge in [-0.1, -0.05) is 18.2 Å². The summed E-state index contributed by atoms with van der Waals surface area (Å²) in [5, 5.41) is 42.0. The smallest absolute Gasteiger partial charge is 0.250 e.